The van der Waals surface area contributed by atoms with Crippen LogP contribution in [0.2, 0.25) is 0 Å². The van der Waals surface area contributed by atoms with Crippen molar-refractivity contribution in [2.45, 2.75) is 50.4 Å². The molecule has 1 N–H and O–H groups in total. The number of nitrogens with zero attached hydrogens (tertiary/aromatic N) is 1. The van der Waals surface area contributed by atoms with E-state index in [-0.39, 0.29) is 13.2 Å². The molecular weight excluding hydrogens is 233 g/mol. The molecule has 1 atom stereocenters. The van der Waals surface area contributed by atoms with Gasteiger partial charge < -0.3 is 4.74 Å². The van der Waals surface area contributed by atoms with Crippen molar-refractivity contribution in [3.05, 3.63) is 0 Å². The van der Waals surface area contributed by atoms with Gasteiger partial charge in [-0.15, -0.1) is 0 Å². The Kier molecular flexibility index (Phi) is 4.78. The third kappa shape index (κ3) is 6.49. The number of hydrogen-bond acceptors (Lipinski definition) is 3. The number of rotatable bonds is 7. The van der Waals surface area contributed by atoms with E-state index in [1.165, 1.54) is 0 Å². The maximum atomic E-state index is 11.8. The highest BCUT2D eigenvalue weighted by Crippen LogP contribution is 2.24. The first-order valence-electron chi connectivity index (χ1n) is 5.68. The van der Waals surface area contributed by atoms with Crippen LogP contribution in [0.5, 0.6) is 0 Å². The first-order chi connectivity index (χ1) is 7.85. The lowest BCUT2D eigenvalue weighted by Crippen LogP contribution is -2.43. The number of nitrogens with one attached hydrogen (secondary N) is 1. The van der Waals surface area contributed by atoms with Crippen LogP contribution in [0.25, 0.3) is 0 Å². The molecule has 17 heavy (non-hydrogen) atoms. The summed E-state index contributed by atoms with van der Waals surface area (Å²) >= 11 is 0. The summed E-state index contributed by atoms with van der Waals surface area (Å²) in [5, 5.41) is 12.2. The number of hydrogen-bond donors (Lipinski definition) is 1. The highest BCUT2D eigenvalue weighted by Gasteiger charge is 2.32. The summed E-state index contributed by atoms with van der Waals surface area (Å²) < 4.78 is 40.4. The standard InChI is InChI=1S/C11H17F3N2O/c1-10(8-15,16-9-2-3-9)4-6-17-7-5-11(12,13)14/h9,16H,2-7H2,1H3. The van der Waals surface area contributed by atoms with Crippen molar-refractivity contribution in [2.75, 3.05) is 13.2 Å². The molecule has 0 amide bonds. The van der Waals surface area contributed by atoms with Crippen LogP contribution in [0.1, 0.15) is 32.6 Å². The molecule has 0 spiro atoms. The van der Waals surface area contributed by atoms with Gasteiger partial charge in [-0.2, -0.15) is 18.4 Å². The third-order valence-electron chi connectivity index (χ3n) is 2.62. The summed E-state index contributed by atoms with van der Waals surface area (Å²) in [6.07, 6.45) is -2.59. The van der Waals surface area contributed by atoms with Crippen molar-refractivity contribution >= 4 is 0 Å². The summed E-state index contributed by atoms with van der Waals surface area (Å²) in [7, 11) is 0. The Bertz CT molecular complexity index is 283. The van der Waals surface area contributed by atoms with Gasteiger partial charge in [0.15, 0.2) is 0 Å². The van der Waals surface area contributed by atoms with Gasteiger partial charge >= 0.3 is 6.18 Å². The molecule has 1 unspecified atom stereocenters. The Hall–Kier alpha value is -0.800. The Morgan fingerprint density at radius 1 is 1.29 bits per heavy atom. The molecule has 0 aromatic carbocycles. The predicted octanol–water partition coefficient (Wildman–Crippen LogP) is 2.38. The maximum absolute atomic E-state index is 11.8. The van der Waals surface area contributed by atoms with Gasteiger partial charge in [0, 0.05) is 19.1 Å². The third-order valence-corrected chi connectivity index (χ3v) is 2.62. The van der Waals surface area contributed by atoms with E-state index >= 15 is 0 Å². The van der Waals surface area contributed by atoms with E-state index in [0.29, 0.717) is 12.5 Å². The Labute approximate surface area is 98.9 Å². The second kappa shape index (κ2) is 5.69. The van der Waals surface area contributed by atoms with Gasteiger partial charge in [-0.25, -0.2) is 0 Å². The highest BCUT2D eigenvalue weighted by atomic mass is 19.4. The summed E-state index contributed by atoms with van der Waals surface area (Å²) in [6, 6.07) is 2.53. The van der Waals surface area contributed by atoms with E-state index in [4.69, 9.17) is 10.00 Å². The SMILES string of the molecule is CC(C#N)(CCOCCC(F)(F)F)NC1CC1. The van der Waals surface area contributed by atoms with Crippen molar-refractivity contribution < 1.29 is 17.9 Å². The Morgan fingerprint density at radius 2 is 1.88 bits per heavy atom. The smallest absolute Gasteiger partial charge is 0.381 e. The molecule has 0 bridgehead atoms. The minimum atomic E-state index is -4.18. The molecule has 1 aliphatic carbocycles. The Balaban J connectivity index is 2.13. The zero-order chi connectivity index (χ0) is 12.9. The molecule has 0 saturated heterocycles. The molecule has 0 aromatic rings. The summed E-state index contributed by atoms with van der Waals surface area (Å²) in [6.45, 7) is 1.58. The Morgan fingerprint density at radius 3 is 2.35 bits per heavy atom. The number of ether oxygens (including phenoxy) is 1. The van der Waals surface area contributed by atoms with Gasteiger partial charge in [0.2, 0.25) is 0 Å². The number of halogens is 3. The molecule has 0 aromatic heterocycles. The van der Waals surface area contributed by atoms with Crippen molar-refractivity contribution in [3.63, 3.8) is 0 Å². The van der Waals surface area contributed by atoms with E-state index in [9.17, 15) is 13.2 Å². The lowest BCUT2D eigenvalue weighted by Gasteiger charge is -2.23. The fourth-order valence-corrected chi connectivity index (χ4v) is 1.40. The van der Waals surface area contributed by atoms with Gasteiger partial charge in [0.1, 0.15) is 5.54 Å². The second-order valence-corrected chi connectivity index (χ2v) is 4.59. The van der Waals surface area contributed by atoms with Crippen molar-refractivity contribution in [1.29, 1.82) is 5.26 Å². The van der Waals surface area contributed by atoms with Crippen molar-refractivity contribution in [3.8, 4) is 6.07 Å². The van der Waals surface area contributed by atoms with Crippen molar-refractivity contribution in [2.24, 2.45) is 0 Å². The molecule has 1 fully saturated rings. The fraction of sp³-hybridized carbons (Fsp3) is 0.909. The molecule has 1 saturated carbocycles. The van der Waals surface area contributed by atoms with Crippen molar-refractivity contribution in [1.82, 2.24) is 5.32 Å². The van der Waals surface area contributed by atoms with E-state index in [1.807, 2.05) is 0 Å². The van der Waals surface area contributed by atoms with Gasteiger partial charge in [0.25, 0.3) is 0 Å². The van der Waals surface area contributed by atoms with Crippen LogP contribution in [-0.2, 0) is 4.74 Å². The van der Waals surface area contributed by atoms with Gasteiger partial charge in [0.05, 0.1) is 19.1 Å². The molecule has 0 aliphatic heterocycles. The second-order valence-electron chi connectivity index (χ2n) is 4.59. The number of nitriles is 1. The fourth-order valence-electron chi connectivity index (χ4n) is 1.40. The average molecular weight is 250 g/mol. The molecule has 0 heterocycles. The lowest BCUT2D eigenvalue weighted by molar-refractivity contribution is -0.145. The van der Waals surface area contributed by atoms with Crippen LogP contribution in [0, 0.1) is 11.3 Å². The lowest BCUT2D eigenvalue weighted by atomic mass is 10.0. The molecule has 0 radical (unpaired) electrons. The minimum Gasteiger partial charge on any atom is -0.381 e. The predicted molar refractivity (Wildman–Crippen MR) is 56.3 cm³/mol. The first kappa shape index (κ1) is 14.3. The molecule has 6 heteroatoms. The minimum absolute atomic E-state index is 0.167. The summed E-state index contributed by atoms with van der Waals surface area (Å²) in [5.74, 6) is 0. The van der Waals surface area contributed by atoms with E-state index < -0.39 is 18.1 Å². The van der Waals surface area contributed by atoms with Crippen LogP contribution in [-0.4, -0.2) is 31.0 Å². The van der Waals surface area contributed by atoms with Crippen LogP contribution in [0.3, 0.4) is 0 Å². The molecule has 3 nitrogen and oxygen atoms in total. The summed E-state index contributed by atoms with van der Waals surface area (Å²) in [5.41, 5.74) is -0.695. The maximum Gasteiger partial charge on any atom is 0.391 e. The molecule has 98 valence electrons. The van der Waals surface area contributed by atoms with E-state index in [1.54, 1.807) is 6.92 Å². The average Bonchev–Trinajstić information content (AvgIpc) is 2.99. The zero-order valence-corrected chi connectivity index (χ0v) is 9.81. The molecule has 1 rings (SSSR count). The van der Waals surface area contributed by atoms with Gasteiger partial charge in [-0.1, -0.05) is 0 Å². The van der Waals surface area contributed by atoms with Crippen LogP contribution in [0.15, 0.2) is 0 Å². The van der Waals surface area contributed by atoms with Crippen LogP contribution >= 0.6 is 0 Å². The van der Waals surface area contributed by atoms with Gasteiger partial charge in [-0.3, -0.25) is 5.32 Å². The largest absolute Gasteiger partial charge is 0.391 e. The number of alkyl halides is 3. The van der Waals surface area contributed by atoms with Crippen LogP contribution < -0.4 is 5.32 Å². The first-order valence-corrected chi connectivity index (χ1v) is 5.68. The van der Waals surface area contributed by atoms with Crippen LogP contribution in [0.4, 0.5) is 13.2 Å². The molecule has 1 aliphatic rings. The zero-order valence-electron chi connectivity index (χ0n) is 9.81. The summed E-state index contributed by atoms with van der Waals surface area (Å²) in [4.78, 5) is 0. The normalized spacial score (nSPS) is 19.7. The van der Waals surface area contributed by atoms with E-state index in [2.05, 4.69) is 11.4 Å². The molecular formula is C11H17F3N2O. The van der Waals surface area contributed by atoms with Gasteiger partial charge in [-0.05, 0) is 19.8 Å². The monoisotopic (exact) mass is 250 g/mol. The topological polar surface area (TPSA) is 45.0 Å². The highest BCUT2D eigenvalue weighted by molar-refractivity contribution is 5.06. The van der Waals surface area contributed by atoms with E-state index in [0.717, 1.165) is 12.8 Å². The quantitative estimate of drug-likeness (QED) is 0.705.